The van der Waals surface area contributed by atoms with Crippen LogP contribution in [-0.4, -0.2) is 52.7 Å². The maximum atomic E-state index is 11.4. The van der Waals surface area contributed by atoms with Gasteiger partial charge in [-0.1, -0.05) is 20.8 Å². The molecule has 1 unspecified atom stereocenters. The van der Waals surface area contributed by atoms with Gasteiger partial charge in [-0.15, -0.1) is 11.3 Å². The van der Waals surface area contributed by atoms with Crippen molar-refractivity contribution in [2.24, 2.45) is 0 Å². The van der Waals surface area contributed by atoms with Gasteiger partial charge in [-0.3, -0.25) is 0 Å². The van der Waals surface area contributed by atoms with E-state index >= 15 is 0 Å². The lowest BCUT2D eigenvalue weighted by molar-refractivity contribution is 0.0465. The molecule has 144 valence electrons. The smallest absolute Gasteiger partial charge is 0.357 e. The fraction of sp³-hybridized carbons (Fsp3) is 0.765. The minimum atomic E-state index is -1.74. The predicted octanol–water partition coefficient (Wildman–Crippen LogP) is 4.16. The monoisotopic (exact) mass is 388 g/mol. The van der Waals surface area contributed by atoms with Gasteiger partial charge in [0.05, 0.1) is 19.8 Å². The Bertz CT molecular complexity index is 543. The average Bonchev–Trinajstić information content (AvgIpc) is 3.01. The second kappa shape index (κ2) is 9.66. The number of aromatic nitrogens is 1. The van der Waals surface area contributed by atoms with E-state index in [0.717, 1.165) is 24.5 Å². The van der Waals surface area contributed by atoms with E-state index < -0.39 is 14.3 Å². The van der Waals surface area contributed by atoms with Gasteiger partial charge in [-0.25, -0.2) is 9.78 Å². The maximum Gasteiger partial charge on any atom is 0.357 e. The molecule has 1 aromatic rings. The Kier molecular flexibility index (Phi) is 8.53. The molecule has 6 nitrogen and oxygen atoms in total. The van der Waals surface area contributed by atoms with Gasteiger partial charge < -0.3 is 19.2 Å². The van der Waals surface area contributed by atoms with Crippen molar-refractivity contribution in [3.8, 4) is 0 Å². The molecule has 8 heteroatoms. The van der Waals surface area contributed by atoms with Crippen LogP contribution in [0.5, 0.6) is 0 Å². The van der Waals surface area contributed by atoms with Crippen molar-refractivity contribution in [3.63, 3.8) is 0 Å². The molecule has 0 saturated heterocycles. The molecule has 1 atom stereocenters. The first kappa shape index (κ1) is 22.1. The van der Waals surface area contributed by atoms with E-state index in [-0.39, 0.29) is 11.1 Å². The van der Waals surface area contributed by atoms with E-state index in [9.17, 15) is 4.79 Å². The van der Waals surface area contributed by atoms with Crippen LogP contribution in [0, 0.1) is 0 Å². The summed E-state index contributed by atoms with van der Waals surface area (Å²) >= 11 is 1.40. The molecule has 0 amide bonds. The molecule has 0 bridgehead atoms. The van der Waals surface area contributed by atoms with Crippen molar-refractivity contribution in [1.29, 1.82) is 0 Å². The minimum absolute atomic E-state index is 0.0952. The fourth-order valence-electron chi connectivity index (χ4n) is 1.87. The van der Waals surface area contributed by atoms with Crippen LogP contribution in [-0.2, 0) is 13.9 Å². The predicted molar refractivity (Wildman–Crippen MR) is 105 cm³/mol. The third kappa shape index (κ3) is 7.05. The third-order valence-corrected chi connectivity index (χ3v) is 9.95. The van der Waals surface area contributed by atoms with Gasteiger partial charge in [0.1, 0.15) is 0 Å². The van der Waals surface area contributed by atoms with E-state index in [1.165, 1.54) is 18.4 Å². The van der Waals surface area contributed by atoms with Crippen LogP contribution < -0.4 is 5.32 Å². The largest absolute Gasteiger partial charge is 0.464 e. The molecule has 25 heavy (non-hydrogen) atoms. The van der Waals surface area contributed by atoms with Crippen molar-refractivity contribution in [1.82, 2.24) is 4.98 Å². The van der Waals surface area contributed by atoms with Gasteiger partial charge in [0, 0.05) is 19.0 Å². The van der Waals surface area contributed by atoms with Gasteiger partial charge in [0.15, 0.2) is 19.1 Å². The van der Waals surface area contributed by atoms with Gasteiger partial charge in [-0.2, -0.15) is 0 Å². The Morgan fingerprint density at radius 2 is 2.04 bits per heavy atom. The Balaban J connectivity index is 2.33. The highest BCUT2D eigenvalue weighted by Crippen LogP contribution is 2.36. The van der Waals surface area contributed by atoms with Crippen LogP contribution in [0.15, 0.2) is 5.38 Å². The summed E-state index contributed by atoms with van der Waals surface area (Å²) in [5.74, 6) is -0.411. The minimum Gasteiger partial charge on any atom is -0.464 e. The summed E-state index contributed by atoms with van der Waals surface area (Å²) in [5, 5.41) is 5.86. The number of ether oxygens (including phenoxy) is 2. The van der Waals surface area contributed by atoms with E-state index in [2.05, 4.69) is 48.9 Å². The first-order chi connectivity index (χ1) is 11.6. The molecular formula is C17H32N2O4SSi. The van der Waals surface area contributed by atoms with Crippen molar-refractivity contribution < 1.29 is 18.7 Å². The number of anilines is 1. The van der Waals surface area contributed by atoms with Gasteiger partial charge >= 0.3 is 5.97 Å². The summed E-state index contributed by atoms with van der Waals surface area (Å²) in [6, 6.07) is 0. The Morgan fingerprint density at radius 3 is 2.60 bits per heavy atom. The SMILES string of the molecule is COC(=O)c1csc(NCCCC(CO[Si](C)(C)C(C)(C)C)OC)n1. The molecule has 1 rings (SSSR count). The zero-order valence-electron chi connectivity index (χ0n) is 16.5. The van der Waals surface area contributed by atoms with Crippen molar-refractivity contribution in [2.75, 3.05) is 32.7 Å². The average molecular weight is 389 g/mol. The summed E-state index contributed by atoms with van der Waals surface area (Å²) in [4.78, 5) is 15.6. The van der Waals surface area contributed by atoms with E-state index in [1.807, 2.05) is 0 Å². The van der Waals surface area contributed by atoms with Crippen LogP contribution in [0.1, 0.15) is 44.1 Å². The third-order valence-electron chi connectivity index (χ3n) is 4.65. The van der Waals surface area contributed by atoms with Gasteiger partial charge in [0.2, 0.25) is 0 Å². The van der Waals surface area contributed by atoms with E-state index in [1.54, 1.807) is 12.5 Å². The number of hydrogen-bond donors (Lipinski definition) is 1. The van der Waals surface area contributed by atoms with Crippen LogP contribution in [0.25, 0.3) is 0 Å². The number of carbonyl (C=O) groups excluding carboxylic acids is 1. The quantitative estimate of drug-likeness (QED) is 0.369. The highest BCUT2D eigenvalue weighted by molar-refractivity contribution is 7.13. The number of rotatable bonds is 10. The number of methoxy groups -OCH3 is 2. The molecule has 0 saturated carbocycles. The first-order valence-corrected chi connectivity index (χ1v) is 12.3. The Morgan fingerprint density at radius 1 is 1.36 bits per heavy atom. The van der Waals surface area contributed by atoms with E-state index in [0.29, 0.717) is 12.3 Å². The number of carbonyl (C=O) groups is 1. The molecule has 0 fully saturated rings. The molecule has 0 spiro atoms. The zero-order valence-corrected chi connectivity index (χ0v) is 18.3. The number of hydrogen-bond acceptors (Lipinski definition) is 7. The molecule has 0 radical (unpaired) electrons. The van der Waals surface area contributed by atoms with Crippen molar-refractivity contribution in [2.45, 2.75) is 57.8 Å². The summed E-state index contributed by atoms with van der Waals surface area (Å²) in [6.07, 6.45) is 1.94. The molecule has 0 aliphatic carbocycles. The molecular weight excluding hydrogens is 356 g/mol. The molecule has 1 aromatic heterocycles. The van der Waals surface area contributed by atoms with Crippen LogP contribution in [0.4, 0.5) is 5.13 Å². The number of esters is 1. The molecule has 0 aromatic carbocycles. The van der Waals surface area contributed by atoms with Crippen LogP contribution >= 0.6 is 11.3 Å². The van der Waals surface area contributed by atoms with Crippen LogP contribution in [0.2, 0.25) is 18.1 Å². The normalized spacial score (nSPS) is 13.6. The Labute approximate surface area is 156 Å². The number of thiazole rings is 1. The first-order valence-electron chi connectivity index (χ1n) is 8.55. The zero-order chi connectivity index (χ0) is 19.1. The summed E-state index contributed by atoms with van der Waals surface area (Å²) in [7, 11) is 1.34. The molecule has 1 N–H and O–H groups in total. The van der Waals surface area contributed by atoms with E-state index in [4.69, 9.17) is 9.16 Å². The highest BCUT2D eigenvalue weighted by Gasteiger charge is 2.37. The lowest BCUT2D eigenvalue weighted by Gasteiger charge is -2.37. The topological polar surface area (TPSA) is 69.7 Å². The maximum absolute atomic E-state index is 11.4. The summed E-state index contributed by atoms with van der Waals surface area (Å²) in [6.45, 7) is 12.6. The molecule has 0 aliphatic heterocycles. The van der Waals surface area contributed by atoms with Crippen LogP contribution in [0.3, 0.4) is 0 Å². The standard InChI is InChI=1S/C17H32N2O4SSi/c1-17(2,3)25(6,7)23-11-13(21-4)9-8-10-18-16-19-14(12-24-16)15(20)22-5/h12-13H,8-11H2,1-7H3,(H,18,19). The van der Waals surface area contributed by atoms with Gasteiger partial charge in [0.25, 0.3) is 0 Å². The fourth-order valence-corrected chi connectivity index (χ4v) is 3.61. The number of nitrogens with zero attached hydrogens (tertiary/aromatic N) is 1. The summed E-state index contributed by atoms with van der Waals surface area (Å²) < 4.78 is 16.4. The summed E-state index contributed by atoms with van der Waals surface area (Å²) in [5.41, 5.74) is 0.340. The van der Waals surface area contributed by atoms with Gasteiger partial charge in [-0.05, 0) is 31.0 Å². The molecule has 0 aliphatic rings. The molecule has 1 heterocycles. The lowest BCUT2D eigenvalue weighted by atomic mass is 10.2. The number of nitrogens with one attached hydrogen (secondary N) is 1. The second-order valence-electron chi connectivity index (χ2n) is 7.53. The second-order valence-corrected chi connectivity index (χ2v) is 13.2. The lowest BCUT2D eigenvalue weighted by Crippen LogP contribution is -2.42. The van der Waals surface area contributed by atoms with Crippen molar-refractivity contribution in [3.05, 3.63) is 11.1 Å². The van der Waals surface area contributed by atoms with Crippen molar-refractivity contribution >= 4 is 30.8 Å². The highest BCUT2D eigenvalue weighted by atomic mass is 32.1. The Hall–Kier alpha value is -0.963.